The summed E-state index contributed by atoms with van der Waals surface area (Å²) in [7, 11) is 0. The first-order valence-electron chi connectivity index (χ1n) is 7.11. The Morgan fingerprint density at radius 2 is 1.76 bits per heavy atom. The molecule has 5 nitrogen and oxygen atoms in total. The van der Waals surface area contributed by atoms with Gasteiger partial charge in [0, 0.05) is 13.0 Å². The minimum Gasteiger partial charge on any atom is -0.481 e. The van der Waals surface area contributed by atoms with Crippen molar-refractivity contribution < 1.29 is 19.5 Å². The van der Waals surface area contributed by atoms with Gasteiger partial charge in [-0.05, 0) is 37.8 Å². The summed E-state index contributed by atoms with van der Waals surface area (Å²) in [5, 5.41) is 8.59. The van der Waals surface area contributed by atoms with Gasteiger partial charge in [0.1, 0.15) is 0 Å². The molecule has 0 aliphatic carbocycles. The standard InChI is InChI=1S/C16H19NO4/c1-10-7-8-11(2)14-13(10)15(20)16(21)17(14)9-5-3-4-6-12(18)19/h7-8H,3-6,9H2,1-2H3,(H,18,19). The summed E-state index contributed by atoms with van der Waals surface area (Å²) >= 11 is 0. The molecular formula is C16H19NO4. The van der Waals surface area contributed by atoms with Crippen LogP contribution in [-0.4, -0.2) is 29.3 Å². The fourth-order valence-corrected chi connectivity index (χ4v) is 2.70. The number of amides is 1. The summed E-state index contributed by atoms with van der Waals surface area (Å²) in [4.78, 5) is 36.2. The van der Waals surface area contributed by atoms with Crippen molar-refractivity contribution in [1.82, 2.24) is 0 Å². The van der Waals surface area contributed by atoms with Crippen molar-refractivity contribution in [2.24, 2.45) is 0 Å². The molecule has 0 unspecified atom stereocenters. The van der Waals surface area contributed by atoms with E-state index in [0.29, 0.717) is 24.9 Å². The number of benzene rings is 1. The van der Waals surface area contributed by atoms with E-state index < -0.39 is 17.7 Å². The van der Waals surface area contributed by atoms with E-state index in [-0.39, 0.29) is 6.42 Å². The second-order valence-electron chi connectivity index (χ2n) is 5.41. The van der Waals surface area contributed by atoms with E-state index in [1.807, 2.05) is 26.0 Å². The monoisotopic (exact) mass is 289 g/mol. The quantitative estimate of drug-likeness (QED) is 0.645. The van der Waals surface area contributed by atoms with E-state index >= 15 is 0 Å². The van der Waals surface area contributed by atoms with Gasteiger partial charge in [-0.3, -0.25) is 14.4 Å². The van der Waals surface area contributed by atoms with Crippen molar-refractivity contribution in [2.45, 2.75) is 39.5 Å². The van der Waals surface area contributed by atoms with Gasteiger partial charge in [0.05, 0.1) is 11.3 Å². The average Bonchev–Trinajstić information content (AvgIpc) is 2.68. The molecule has 1 N–H and O–H groups in total. The molecule has 1 heterocycles. The molecule has 0 saturated carbocycles. The van der Waals surface area contributed by atoms with E-state index in [1.54, 1.807) is 4.90 Å². The fourth-order valence-electron chi connectivity index (χ4n) is 2.70. The highest BCUT2D eigenvalue weighted by Gasteiger charge is 2.37. The first kappa shape index (κ1) is 15.2. The number of ketones is 1. The van der Waals surface area contributed by atoms with Gasteiger partial charge in [-0.15, -0.1) is 0 Å². The molecule has 1 aliphatic heterocycles. The SMILES string of the molecule is Cc1ccc(C)c2c1C(=O)C(=O)N2CCCCCC(=O)O. The van der Waals surface area contributed by atoms with E-state index in [2.05, 4.69) is 0 Å². The molecule has 0 spiro atoms. The second kappa shape index (κ2) is 6.08. The van der Waals surface area contributed by atoms with Crippen LogP contribution in [0.3, 0.4) is 0 Å². The van der Waals surface area contributed by atoms with Gasteiger partial charge in [-0.25, -0.2) is 0 Å². The average molecular weight is 289 g/mol. The number of carbonyl (C=O) groups excluding carboxylic acids is 2. The number of hydrogen-bond acceptors (Lipinski definition) is 3. The molecule has 1 amide bonds. The van der Waals surface area contributed by atoms with Crippen LogP contribution in [0.1, 0.15) is 47.2 Å². The number of aryl methyl sites for hydroxylation is 2. The zero-order valence-electron chi connectivity index (χ0n) is 12.3. The lowest BCUT2D eigenvalue weighted by atomic mass is 10.0. The molecule has 21 heavy (non-hydrogen) atoms. The largest absolute Gasteiger partial charge is 0.481 e. The number of fused-ring (bicyclic) bond motifs is 1. The number of unbranched alkanes of at least 4 members (excludes halogenated alkanes) is 2. The summed E-state index contributed by atoms with van der Waals surface area (Å²) in [5.41, 5.74) is 2.98. The highest BCUT2D eigenvalue weighted by molar-refractivity contribution is 6.52. The maximum Gasteiger partial charge on any atom is 0.303 e. The Morgan fingerprint density at radius 3 is 2.43 bits per heavy atom. The smallest absolute Gasteiger partial charge is 0.303 e. The first-order chi connectivity index (χ1) is 9.93. The second-order valence-corrected chi connectivity index (χ2v) is 5.41. The van der Waals surface area contributed by atoms with Gasteiger partial charge in [-0.2, -0.15) is 0 Å². The Bertz CT molecular complexity index is 607. The third-order valence-electron chi connectivity index (χ3n) is 3.80. The predicted molar refractivity (Wildman–Crippen MR) is 78.7 cm³/mol. The zero-order valence-corrected chi connectivity index (χ0v) is 12.3. The third-order valence-corrected chi connectivity index (χ3v) is 3.80. The van der Waals surface area contributed by atoms with Gasteiger partial charge in [-0.1, -0.05) is 18.6 Å². The lowest BCUT2D eigenvalue weighted by Gasteiger charge is -2.18. The maximum absolute atomic E-state index is 12.1. The third kappa shape index (κ3) is 2.96. The van der Waals surface area contributed by atoms with Crippen LogP contribution < -0.4 is 4.90 Å². The molecule has 0 bridgehead atoms. The van der Waals surface area contributed by atoms with E-state index in [0.717, 1.165) is 23.2 Å². The minimum atomic E-state index is -0.806. The molecule has 1 aromatic carbocycles. The van der Waals surface area contributed by atoms with Crippen molar-refractivity contribution in [3.63, 3.8) is 0 Å². The van der Waals surface area contributed by atoms with Gasteiger partial charge in [0.15, 0.2) is 0 Å². The molecule has 112 valence electrons. The number of rotatable bonds is 6. The number of carboxylic acids is 1. The number of nitrogens with zero attached hydrogens (tertiary/aromatic N) is 1. The lowest BCUT2D eigenvalue weighted by Crippen LogP contribution is -2.31. The number of carbonyl (C=O) groups is 3. The number of Topliss-reactive ketones (excluding diaryl/α,β-unsaturated/α-hetero) is 1. The van der Waals surface area contributed by atoms with Gasteiger partial charge >= 0.3 is 5.97 Å². The number of hydrogen-bond donors (Lipinski definition) is 1. The fraction of sp³-hybridized carbons (Fsp3) is 0.438. The topological polar surface area (TPSA) is 74.7 Å². The van der Waals surface area contributed by atoms with Gasteiger partial charge < -0.3 is 10.0 Å². The van der Waals surface area contributed by atoms with Crippen molar-refractivity contribution in [2.75, 3.05) is 11.4 Å². The molecular weight excluding hydrogens is 270 g/mol. The molecule has 0 atom stereocenters. The summed E-state index contributed by atoms with van der Waals surface area (Å²) in [5.74, 6) is -1.71. The van der Waals surface area contributed by atoms with Crippen LogP contribution in [0.15, 0.2) is 12.1 Å². The highest BCUT2D eigenvalue weighted by Crippen LogP contribution is 2.34. The number of anilines is 1. The molecule has 1 aliphatic rings. The number of aliphatic carboxylic acids is 1. The normalized spacial score (nSPS) is 13.7. The molecule has 0 saturated heterocycles. The van der Waals surface area contributed by atoms with Crippen molar-refractivity contribution >= 4 is 23.3 Å². The first-order valence-corrected chi connectivity index (χ1v) is 7.11. The Labute approximate surface area is 123 Å². The summed E-state index contributed by atoms with van der Waals surface area (Å²) in [6, 6.07) is 3.77. The Morgan fingerprint density at radius 1 is 1.10 bits per heavy atom. The summed E-state index contributed by atoms with van der Waals surface area (Å²) < 4.78 is 0. The minimum absolute atomic E-state index is 0.140. The van der Waals surface area contributed by atoms with Crippen LogP contribution in [0, 0.1) is 13.8 Å². The van der Waals surface area contributed by atoms with E-state index in [4.69, 9.17) is 5.11 Å². The molecule has 0 aromatic heterocycles. The van der Waals surface area contributed by atoms with Crippen LogP contribution in [0.5, 0.6) is 0 Å². The van der Waals surface area contributed by atoms with Gasteiger partial charge in [0.2, 0.25) is 0 Å². The van der Waals surface area contributed by atoms with Crippen LogP contribution in [0.25, 0.3) is 0 Å². The van der Waals surface area contributed by atoms with Crippen LogP contribution in [0.4, 0.5) is 5.69 Å². The van der Waals surface area contributed by atoms with E-state index in [9.17, 15) is 14.4 Å². The molecule has 0 fully saturated rings. The Balaban J connectivity index is 2.09. The zero-order chi connectivity index (χ0) is 15.6. The van der Waals surface area contributed by atoms with Crippen molar-refractivity contribution in [3.8, 4) is 0 Å². The van der Waals surface area contributed by atoms with E-state index in [1.165, 1.54) is 0 Å². The number of carboxylic acid groups (broad SMARTS) is 1. The molecule has 1 aromatic rings. The van der Waals surface area contributed by atoms with Crippen LogP contribution >= 0.6 is 0 Å². The molecule has 0 radical (unpaired) electrons. The highest BCUT2D eigenvalue weighted by atomic mass is 16.4. The van der Waals surface area contributed by atoms with Crippen LogP contribution in [-0.2, 0) is 9.59 Å². The molecule has 2 rings (SSSR count). The maximum atomic E-state index is 12.1. The Hall–Kier alpha value is -2.17. The van der Waals surface area contributed by atoms with Crippen LogP contribution in [0.2, 0.25) is 0 Å². The van der Waals surface area contributed by atoms with Crippen molar-refractivity contribution in [1.29, 1.82) is 0 Å². The van der Waals surface area contributed by atoms with Gasteiger partial charge in [0.25, 0.3) is 11.7 Å². The predicted octanol–water partition coefficient (Wildman–Crippen LogP) is 2.48. The Kier molecular flexibility index (Phi) is 4.40. The van der Waals surface area contributed by atoms with Crippen molar-refractivity contribution in [3.05, 3.63) is 28.8 Å². The molecule has 5 heteroatoms. The lowest BCUT2D eigenvalue weighted by molar-refractivity contribution is -0.137. The summed E-state index contributed by atoms with van der Waals surface area (Å²) in [6.45, 7) is 4.18. The summed E-state index contributed by atoms with van der Waals surface area (Å²) in [6.07, 6.45) is 2.15.